The maximum Gasteiger partial charge on any atom is 0.269 e. The van der Waals surface area contributed by atoms with E-state index >= 15 is 4.39 Å². The van der Waals surface area contributed by atoms with Crippen LogP contribution in [0.3, 0.4) is 0 Å². The van der Waals surface area contributed by atoms with Gasteiger partial charge < -0.3 is 21.1 Å². The summed E-state index contributed by atoms with van der Waals surface area (Å²) in [5, 5.41) is 17.1. The fraction of sp³-hybridized carbons (Fsp3) is 0.185. The number of carbonyl (C=O) groups is 3. The Morgan fingerprint density at radius 3 is 2.59 bits per heavy atom. The van der Waals surface area contributed by atoms with Crippen molar-refractivity contribution in [1.29, 1.82) is 0 Å². The Labute approximate surface area is 225 Å². The molecule has 4 N–H and O–H groups in total. The molecule has 0 aliphatic carbocycles. The molecule has 0 saturated carbocycles. The van der Waals surface area contributed by atoms with E-state index in [1.807, 2.05) is 0 Å². The van der Waals surface area contributed by atoms with Gasteiger partial charge in [-0.3, -0.25) is 19.1 Å². The first kappa shape index (κ1) is 26.1. The molecule has 0 bridgehead atoms. The summed E-state index contributed by atoms with van der Waals surface area (Å²) in [5.41, 5.74) is 6.00. The van der Waals surface area contributed by atoms with Crippen LogP contribution in [0.5, 0.6) is 5.75 Å². The second kappa shape index (κ2) is 10.3. The van der Waals surface area contributed by atoms with E-state index in [9.17, 15) is 23.9 Å². The highest BCUT2D eigenvalue weighted by atomic mass is 35.5. The SMILES string of the molecule is NC(=O)c1nn(CC(=O)N2CC(F)CC2C(=O)Nc2cccc(-c3ccccc3Cl)c2F)c2cc(O)ccc12. The summed E-state index contributed by atoms with van der Waals surface area (Å²) < 4.78 is 31.0. The number of likely N-dealkylation sites (tertiary alicyclic amines) is 1. The van der Waals surface area contributed by atoms with Gasteiger partial charge in [-0.2, -0.15) is 5.10 Å². The highest BCUT2D eigenvalue weighted by molar-refractivity contribution is 6.33. The van der Waals surface area contributed by atoms with Gasteiger partial charge in [-0.05, 0) is 24.3 Å². The number of aromatic nitrogens is 2. The molecular formula is C27H22ClF2N5O4. The van der Waals surface area contributed by atoms with Crippen molar-refractivity contribution in [2.24, 2.45) is 5.73 Å². The average Bonchev–Trinajstić information content (AvgIpc) is 3.46. The zero-order chi connectivity index (χ0) is 27.8. The van der Waals surface area contributed by atoms with Crippen LogP contribution in [0.2, 0.25) is 5.02 Å². The fourth-order valence-corrected chi connectivity index (χ4v) is 4.96. The van der Waals surface area contributed by atoms with Crippen LogP contribution in [0, 0.1) is 5.82 Å². The third kappa shape index (κ3) is 5.00. The summed E-state index contributed by atoms with van der Waals surface area (Å²) in [6.45, 7) is -0.813. The number of nitrogens with one attached hydrogen (secondary N) is 1. The number of primary amides is 1. The quantitative estimate of drug-likeness (QED) is 0.333. The lowest BCUT2D eigenvalue weighted by atomic mass is 10.0. The molecule has 1 saturated heterocycles. The van der Waals surface area contributed by atoms with Crippen molar-refractivity contribution in [3.05, 3.63) is 77.2 Å². The van der Waals surface area contributed by atoms with Crippen LogP contribution in [0.1, 0.15) is 16.9 Å². The normalized spacial score (nSPS) is 16.9. The summed E-state index contributed by atoms with van der Waals surface area (Å²) in [7, 11) is 0. The molecule has 3 amide bonds. The minimum absolute atomic E-state index is 0.106. The molecule has 9 nitrogen and oxygen atoms in total. The average molecular weight is 554 g/mol. The predicted molar refractivity (Wildman–Crippen MR) is 140 cm³/mol. The molecule has 12 heteroatoms. The van der Waals surface area contributed by atoms with Crippen LogP contribution >= 0.6 is 11.6 Å². The van der Waals surface area contributed by atoms with E-state index in [1.165, 1.54) is 30.3 Å². The van der Waals surface area contributed by atoms with Gasteiger partial charge in [-0.25, -0.2) is 8.78 Å². The summed E-state index contributed by atoms with van der Waals surface area (Å²) in [6, 6.07) is 13.9. The zero-order valence-corrected chi connectivity index (χ0v) is 21.0. The minimum Gasteiger partial charge on any atom is -0.508 e. The van der Waals surface area contributed by atoms with Crippen LogP contribution < -0.4 is 11.1 Å². The lowest BCUT2D eigenvalue weighted by Crippen LogP contribution is -2.44. The maximum absolute atomic E-state index is 15.4. The molecule has 2 unspecified atom stereocenters. The van der Waals surface area contributed by atoms with E-state index < -0.39 is 42.3 Å². The third-order valence-corrected chi connectivity index (χ3v) is 6.88. The summed E-state index contributed by atoms with van der Waals surface area (Å²) in [6.07, 6.45) is -1.76. The van der Waals surface area contributed by atoms with E-state index in [4.69, 9.17) is 17.3 Å². The Bertz CT molecular complexity index is 1630. The third-order valence-electron chi connectivity index (χ3n) is 6.55. The largest absolute Gasteiger partial charge is 0.508 e. The molecule has 3 aromatic carbocycles. The molecule has 200 valence electrons. The van der Waals surface area contributed by atoms with Gasteiger partial charge in [-0.15, -0.1) is 0 Å². The molecule has 1 aliphatic heterocycles. The predicted octanol–water partition coefficient (Wildman–Crippen LogP) is 3.88. The number of phenolic OH excluding ortho intramolecular Hbond substituents is 1. The number of alkyl halides is 1. The number of benzene rings is 3. The maximum atomic E-state index is 15.4. The molecule has 0 spiro atoms. The Morgan fingerprint density at radius 2 is 1.85 bits per heavy atom. The van der Waals surface area contributed by atoms with Crippen molar-refractivity contribution in [1.82, 2.24) is 14.7 Å². The monoisotopic (exact) mass is 553 g/mol. The number of nitrogens with two attached hydrogens (primary N) is 1. The Kier molecular flexibility index (Phi) is 6.92. The van der Waals surface area contributed by atoms with Crippen molar-refractivity contribution in [3.63, 3.8) is 0 Å². The van der Waals surface area contributed by atoms with Crippen molar-refractivity contribution >= 4 is 45.9 Å². The minimum atomic E-state index is -1.48. The Balaban J connectivity index is 1.39. The lowest BCUT2D eigenvalue weighted by molar-refractivity contribution is -0.137. The number of anilines is 1. The van der Waals surface area contributed by atoms with Crippen LogP contribution in [-0.2, 0) is 16.1 Å². The van der Waals surface area contributed by atoms with Gasteiger partial charge in [-0.1, -0.05) is 41.9 Å². The fourth-order valence-electron chi connectivity index (χ4n) is 4.72. The van der Waals surface area contributed by atoms with Crippen LogP contribution in [0.15, 0.2) is 60.7 Å². The first-order chi connectivity index (χ1) is 18.6. The topological polar surface area (TPSA) is 131 Å². The second-order valence-corrected chi connectivity index (χ2v) is 9.51. The Hall–Kier alpha value is -4.51. The Morgan fingerprint density at radius 1 is 1.10 bits per heavy atom. The van der Waals surface area contributed by atoms with E-state index in [-0.39, 0.29) is 41.2 Å². The summed E-state index contributed by atoms with van der Waals surface area (Å²) >= 11 is 6.21. The van der Waals surface area contributed by atoms with Gasteiger partial charge in [0.1, 0.15) is 24.5 Å². The number of carbonyl (C=O) groups excluding carboxylic acids is 3. The molecule has 4 aromatic rings. The highest BCUT2D eigenvalue weighted by Gasteiger charge is 2.40. The number of phenols is 1. The van der Waals surface area contributed by atoms with Gasteiger partial charge in [0.05, 0.1) is 17.7 Å². The summed E-state index contributed by atoms with van der Waals surface area (Å²) in [4.78, 5) is 39.3. The lowest BCUT2D eigenvalue weighted by Gasteiger charge is -2.24. The van der Waals surface area contributed by atoms with Crippen LogP contribution in [0.4, 0.5) is 14.5 Å². The standard InChI is InChI=1S/C27H22ClF2N5O4/c28-19-6-2-1-4-16(19)17-5-3-7-20(24(17)30)32-27(39)22-10-14(29)12-34(22)23(37)13-35-21-11-15(36)8-9-18(21)25(33-35)26(31)38/h1-9,11,14,22,36H,10,12-13H2,(H2,31,38)(H,32,39). The molecule has 1 fully saturated rings. The number of hydrogen-bond donors (Lipinski definition) is 3. The van der Waals surface area contributed by atoms with Crippen LogP contribution in [-0.4, -0.2) is 56.3 Å². The molecule has 2 heterocycles. The van der Waals surface area contributed by atoms with Gasteiger partial charge >= 0.3 is 0 Å². The van der Waals surface area contributed by atoms with Crippen molar-refractivity contribution in [2.45, 2.75) is 25.2 Å². The molecule has 5 rings (SSSR count). The number of amides is 3. The zero-order valence-electron chi connectivity index (χ0n) is 20.3. The van der Waals surface area contributed by atoms with E-state index in [1.54, 1.807) is 30.3 Å². The first-order valence-electron chi connectivity index (χ1n) is 11.9. The van der Waals surface area contributed by atoms with Crippen molar-refractivity contribution in [2.75, 3.05) is 11.9 Å². The number of nitrogens with zero attached hydrogens (tertiary/aromatic N) is 3. The van der Waals surface area contributed by atoms with Crippen molar-refractivity contribution < 1.29 is 28.3 Å². The highest BCUT2D eigenvalue weighted by Crippen LogP contribution is 2.33. The van der Waals surface area contributed by atoms with Gasteiger partial charge in [0.25, 0.3) is 5.91 Å². The number of aromatic hydroxyl groups is 1. The number of rotatable bonds is 6. The molecule has 1 aromatic heterocycles. The first-order valence-corrected chi connectivity index (χ1v) is 12.3. The number of fused-ring (bicyclic) bond motifs is 1. The van der Waals surface area contributed by atoms with Crippen molar-refractivity contribution in [3.8, 4) is 16.9 Å². The number of hydrogen-bond acceptors (Lipinski definition) is 5. The van der Waals surface area contributed by atoms with E-state index in [2.05, 4.69) is 10.4 Å². The van der Waals surface area contributed by atoms with Gasteiger partial charge in [0.15, 0.2) is 11.5 Å². The molecule has 2 atom stereocenters. The van der Waals surface area contributed by atoms with Gasteiger partial charge in [0, 0.05) is 34.0 Å². The number of halogens is 3. The molecule has 39 heavy (non-hydrogen) atoms. The molecule has 0 radical (unpaired) electrons. The van der Waals surface area contributed by atoms with Gasteiger partial charge in [0.2, 0.25) is 11.8 Å². The van der Waals surface area contributed by atoms with E-state index in [0.29, 0.717) is 16.0 Å². The second-order valence-electron chi connectivity index (χ2n) is 9.10. The molecular weight excluding hydrogens is 532 g/mol. The molecule has 1 aliphatic rings. The van der Waals surface area contributed by atoms with E-state index in [0.717, 1.165) is 9.58 Å². The summed E-state index contributed by atoms with van der Waals surface area (Å²) in [5.74, 6) is -3.12. The van der Waals surface area contributed by atoms with Crippen LogP contribution in [0.25, 0.3) is 22.0 Å². The smallest absolute Gasteiger partial charge is 0.269 e.